The van der Waals surface area contributed by atoms with Crippen molar-refractivity contribution in [2.24, 2.45) is 5.73 Å². The van der Waals surface area contributed by atoms with Gasteiger partial charge in [-0.15, -0.1) is 0 Å². The number of carbonyl (C=O) groups excluding carboxylic acids is 2. The van der Waals surface area contributed by atoms with E-state index in [1.54, 1.807) is 18.7 Å². The van der Waals surface area contributed by atoms with Gasteiger partial charge in [0, 0.05) is 25.1 Å². The van der Waals surface area contributed by atoms with Crippen molar-refractivity contribution >= 4 is 17.9 Å². The summed E-state index contributed by atoms with van der Waals surface area (Å²) in [5.41, 5.74) is 7.28. The minimum absolute atomic E-state index is 0.147. The van der Waals surface area contributed by atoms with Gasteiger partial charge in [-0.25, -0.2) is 0 Å². The molecule has 0 aliphatic carbocycles. The quantitative estimate of drug-likeness (QED) is 0.649. The van der Waals surface area contributed by atoms with Crippen LogP contribution in [0.25, 0.3) is 6.08 Å². The number of nitrogens with one attached hydrogen (secondary N) is 1. The van der Waals surface area contributed by atoms with Gasteiger partial charge in [-0.05, 0) is 44.7 Å². The van der Waals surface area contributed by atoms with Crippen molar-refractivity contribution in [3.8, 4) is 11.8 Å². The van der Waals surface area contributed by atoms with Gasteiger partial charge in [0.05, 0.1) is 23.6 Å². The minimum atomic E-state index is -1.11. The van der Waals surface area contributed by atoms with Crippen LogP contribution in [0.2, 0.25) is 0 Å². The lowest BCUT2D eigenvalue weighted by Crippen LogP contribution is -2.57. The highest BCUT2D eigenvalue weighted by Gasteiger charge is 2.39. The van der Waals surface area contributed by atoms with Crippen LogP contribution < -0.4 is 15.8 Å². The monoisotopic (exact) mass is 486 g/mol. The molecule has 4 rings (SSSR count). The molecule has 2 aromatic carbocycles. The molecule has 2 aromatic rings. The van der Waals surface area contributed by atoms with E-state index in [-0.39, 0.29) is 11.8 Å². The smallest absolute Gasteiger partial charge is 0.245 e. The third-order valence-corrected chi connectivity index (χ3v) is 7.08. The first-order valence-electron chi connectivity index (χ1n) is 12.5. The zero-order valence-electron chi connectivity index (χ0n) is 21.0. The first kappa shape index (κ1) is 25.5. The van der Waals surface area contributed by atoms with Crippen LogP contribution in [0.5, 0.6) is 5.75 Å². The molecule has 1 unspecified atom stereocenters. The first-order valence-corrected chi connectivity index (χ1v) is 12.5. The predicted molar refractivity (Wildman–Crippen MR) is 139 cm³/mol. The standard InChI is InChI=1S/C29H34N4O3/c1-28(2,31)27(35)32-24(19-21-12-17-36-25-11-7-6-8-22(25)18-21)26(34)33-15-13-29(20-30,14-16-33)23-9-4-3-5-10-23/h3-11,18,24H,12-17,19,31H2,1-2H3,(H,32,35). The van der Waals surface area contributed by atoms with Crippen molar-refractivity contribution in [1.82, 2.24) is 10.2 Å². The number of nitrogens with zero attached hydrogens (tertiary/aromatic N) is 2. The molecule has 1 atom stereocenters. The van der Waals surface area contributed by atoms with Gasteiger partial charge in [0.2, 0.25) is 11.8 Å². The van der Waals surface area contributed by atoms with Crippen LogP contribution >= 0.6 is 0 Å². The molecule has 2 heterocycles. The summed E-state index contributed by atoms with van der Waals surface area (Å²) in [7, 11) is 0. The van der Waals surface area contributed by atoms with Crippen LogP contribution in [0, 0.1) is 11.3 Å². The van der Waals surface area contributed by atoms with Gasteiger partial charge in [-0.1, -0.05) is 60.2 Å². The molecule has 0 bridgehead atoms. The average molecular weight is 487 g/mol. The molecule has 188 valence electrons. The lowest BCUT2D eigenvalue weighted by atomic mass is 9.74. The lowest BCUT2D eigenvalue weighted by Gasteiger charge is -2.39. The number of nitriles is 1. The molecular formula is C29H34N4O3. The number of rotatable bonds is 6. The summed E-state index contributed by atoms with van der Waals surface area (Å²) in [5.74, 6) is 0.290. The van der Waals surface area contributed by atoms with Crippen LogP contribution in [0.4, 0.5) is 0 Å². The lowest BCUT2D eigenvalue weighted by molar-refractivity contribution is -0.138. The Bertz CT molecular complexity index is 1170. The summed E-state index contributed by atoms with van der Waals surface area (Å²) in [6.45, 7) is 4.66. The molecule has 1 saturated heterocycles. The Kier molecular flexibility index (Phi) is 7.46. The predicted octanol–water partition coefficient (Wildman–Crippen LogP) is 3.55. The molecule has 0 aromatic heterocycles. The summed E-state index contributed by atoms with van der Waals surface area (Å²) in [6.07, 6.45) is 4.18. The van der Waals surface area contributed by atoms with E-state index in [1.807, 2.05) is 54.6 Å². The fraction of sp³-hybridized carbons (Fsp3) is 0.414. The Morgan fingerprint density at radius 2 is 1.81 bits per heavy atom. The number of benzene rings is 2. The third-order valence-electron chi connectivity index (χ3n) is 7.08. The van der Waals surface area contributed by atoms with Crippen LogP contribution in [-0.2, 0) is 15.0 Å². The van der Waals surface area contributed by atoms with E-state index in [9.17, 15) is 14.9 Å². The minimum Gasteiger partial charge on any atom is -0.493 e. The summed E-state index contributed by atoms with van der Waals surface area (Å²) >= 11 is 0. The Labute approximate surface area is 212 Å². The number of fused-ring (bicyclic) bond motifs is 1. The van der Waals surface area contributed by atoms with E-state index in [0.717, 1.165) is 22.4 Å². The van der Waals surface area contributed by atoms with Crippen molar-refractivity contribution in [3.63, 3.8) is 0 Å². The number of para-hydroxylation sites is 1. The molecule has 0 spiro atoms. The maximum atomic E-state index is 13.7. The number of nitrogens with two attached hydrogens (primary N) is 1. The largest absolute Gasteiger partial charge is 0.493 e. The molecule has 0 radical (unpaired) electrons. The van der Waals surface area contributed by atoms with Gasteiger partial charge in [0.1, 0.15) is 11.8 Å². The van der Waals surface area contributed by atoms with Gasteiger partial charge < -0.3 is 20.7 Å². The van der Waals surface area contributed by atoms with Crippen LogP contribution in [0.1, 0.15) is 50.7 Å². The van der Waals surface area contributed by atoms with E-state index < -0.39 is 17.0 Å². The molecule has 7 nitrogen and oxygen atoms in total. The van der Waals surface area contributed by atoms with Crippen molar-refractivity contribution in [3.05, 3.63) is 71.3 Å². The van der Waals surface area contributed by atoms with E-state index >= 15 is 0 Å². The van der Waals surface area contributed by atoms with E-state index in [1.165, 1.54) is 0 Å². The Hall–Kier alpha value is -3.63. The number of amides is 2. The molecule has 2 aliphatic heterocycles. The van der Waals surface area contributed by atoms with E-state index in [4.69, 9.17) is 10.5 Å². The Morgan fingerprint density at radius 1 is 1.14 bits per heavy atom. The average Bonchev–Trinajstić information content (AvgIpc) is 3.09. The second-order valence-electron chi connectivity index (χ2n) is 10.3. The summed E-state index contributed by atoms with van der Waals surface area (Å²) in [5, 5.41) is 12.9. The van der Waals surface area contributed by atoms with Gasteiger partial charge >= 0.3 is 0 Å². The van der Waals surface area contributed by atoms with Gasteiger partial charge in [0.25, 0.3) is 0 Å². The fourth-order valence-electron chi connectivity index (χ4n) is 4.83. The van der Waals surface area contributed by atoms with E-state index in [0.29, 0.717) is 45.4 Å². The molecule has 7 heteroatoms. The number of piperidine rings is 1. The zero-order chi connectivity index (χ0) is 25.8. The number of likely N-dealkylation sites (tertiary alicyclic amines) is 1. The summed E-state index contributed by atoms with van der Waals surface area (Å²) < 4.78 is 5.86. The maximum absolute atomic E-state index is 13.7. The molecule has 0 saturated carbocycles. The van der Waals surface area contributed by atoms with Crippen molar-refractivity contribution < 1.29 is 14.3 Å². The second-order valence-corrected chi connectivity index (χ2v) is 10.3. The van der Waals surface area contributed by atoms with Gasteiger partial charge in [0.15, 0.2) is 0 Å². The number of hydrogen-bond donors (Lipinski definition) is 2. The fourth-order valence-corrected chi connectivity index (χ4v) is 4.83. The zero-order valence-corrected chi connectivity index (χ0v) is 21.0. The Balaban J connectivity index is 1.53. The summed E-state index contributed by atoms with van der Waals surface area (Å²) in [6, 6.07) is 19.3. The highest BCUT2D eigenvalue weighted by atomic mass is 16.5. The van der Waals surface area contributed by atoms with Crippen molar-refractivity contribution in [2.75, 3.05) is 19.7 Å². The SMILES string of the molecule is CC(C)(N)C(=O)NC(CC1=Cc2ccccc2OCC1)C(=O)N1CCC(C#N)(c2ccccc2)CC1. The molecule has 3 N–H and O–H groups in total. The van der Waals surface area contributed by atoms with Gasteiger partial charge in [-0.2, -0.15) is 5.26 Å². The van der Waals surface area contributed by atoms with Crippen LogP contribution in [0.3, 0.4) is 0 Å². The second kappa shape index (κ2) is 10.5. The van der Waals surface area contributed by atoms with Crippen molar-refractivity contribution in [1.29, 1.82) is 5.26 Å². The van der Waals surface area contributed by atoms with E-state index in [2.05, 4.69) is 17.5 Å². The molecule has 2 amide bonds. The highest BCUT2D eigenvalue weighted by Crippen LogP contribution is 2.35. The number of ether oxygens (including phenoxy) is 1. The Morgan fingerprint density at radius 3 is 2.47 bits per heavy atom. The highest BCUT2D eigenvalue weighted by molar-refractivity contribution is 5.92. The normalized spacial score (nSPS) is 17.9. The topological polar surface area (TPSA) is 108 Å². The molecule has 2 aliphatic rings. The summed E-state index contributed by atoms with van der Waals surface area (Å²) in [4.78, 5) is 28.3. The number of hydrogen-bond acceptors (Lipinski definition) is 5. The maximum Gasteiger partial charge on any atom is 0.245 e. The van der Waals surface area contributed by atoms with Crippen molar-refractivity contribution in [2.45, 2.75) is 56.5 Å². The van der Waals surface area contributed by atoms with Crippen LogP contribution in [-0.4, -0.2) is 48.0 Å². The van der Waals surface area contributed by atoms with Crippen LogP contribution in [0.15, 0.2) is 60.2 Å². The van der Waals surface area contributed by atoms with Gasteiger partial charge in [-0.3, -0.25) is 9.59 Å². The molecule has 36 heavy (non-hydrogen) atoms. The third kappa shape index (κ3) is 5.60. The molecule has 1 fully saturated rings. The first-order chi connectivity index (χ1) is 17.2. The number of carbonyl (C=O) groups is 2. The molecular weight excluding hydrogens is 452 g/mol.